The average molecular weight is 242 g/mol. The first-order chi connectivity index (χ1) is 5.95. The van der Waals surface area contributed by atoms with Crippen molar-refractivity contribution in [2.24, 2.45) is 0 Å². The molecule has 0 amide bonds. The highest BCUT2D eigenvalue weighted by molar-refractivity contribution is 7.63. The summed E-state index contributed by atoms with van der Waals surface area (Å²) in [7, 11) is -0.701. The minimum Gasteiger partial charge on any atom is -0.468 e. The van der Waals surface area contributed by atoms with E-state index in [-0.39, 0.29) is 30.1 Å². The molecule has 0 radical (unpaired) electrons. The van der Waals surface area contributed by atoms with Gasteiger partial charge in [0.05, 0.1) is 14.3 Å². The third-order valence-corrected chi connectivity index (χ3v) is 4.62. The van der Waals surface area contributed by atoms with Gasteiger partial charge in [0, 0.05) is 12.2 Å². The van der Waals surface area contributed by atoms with E-state index in [2.05, 4.69) is 10.1 Å². The summed E-state index contributed by atoms with van der Waals surface area (Å²) in [4.78, 5) is 11.1. The number of ether oxygens (including phenoxy) is 1. The molecule has 6 heteroatoms. The van der Waals surface area contributed by atoms with Crippen LogP contribution in [0.25, 0.3) is 0 Å². The Hall–Kier alpha value is -0.0500. The Balaban J connectivity index is 0.00000169. The maximum Gasteiger partial charge on any atom is 0.322 e. The van der Waals surface area contributed by atoms with E-state index in [4.69, 9.17) is 0 Å². The molecule has 1 aliphatic heterocycles. The number of carbonyl (C=O) groups is 1. The summed E-state index contributed by atoms with van der Waals surface area (Å²) >= 11 is 0. The van der Waals surface area contributed by atoms with Crippen LogP contribution in [0, 0.1) is 0 Å². The van der Waals surface area contributed by atoms with Crippen molar-refractivity contribution in [2.75, 3.05) is 27.0 Å². The van der Waals surface area contributed by atoms with Gasteiger partial charge in [0.25, 0.3) is 0 Å². The SMILES string of the molecule is COC(=O)[C@H]1C[C@@H](P(C)(C)=O)CN1.Cl. The highest BCUT2D eigenvalue weighted by Gasteiger charge is 2.35. The van der Waals surface area contributed by atoms with Gasteiger partial charge in [-0.2, -0.15) is 0 Å². The predicted octanol–water partition coefficient (Wildman–Crippen LogP) is 0.934. The van der Waals surface area contributed by atoms with Crippen LogP contribution in [0.1, 0.15) is 6.42 Å². The van der Waals surface area contributed by atoms with Crippen molar-refractivity contribution in [2.45, 2.75) is 18.1 Å². The number of carbonyl (C=O) groups excluding carboxylic acids is 1. The van der Waals surface area contributed by atoms with Gasteiger partial charge in [-0.05, 0) is 19.8 Å². The fourth-order valence-electron chi connectivity index (χ4n) is 1.51. The molecule has 1 fully saturated rings. The van der Waals surface area contributed by atoms with E-state index in [1.165, 1.54) is 7.11 Å². The van der Waals surface area contributed by atoms with Crippen LogP contribution in [0.4, 0.5) is 0 Å². The molecule has 0 aliphatic carbocycles. The van der Waals surface area contributed by atoms with Crippen LogP contribution in [0.3, 0.4) is 0 Å². The van der Waals surface area contributed by atoms with Crippen molar-refractivity contribution >= 4 is 25.5 Å². The molecule has 2 atom stereocenters. The van der Waals surface area contributed by atoms with Gasteiger partial charge in [0.15, 0.2) is 0 Å². The molecule has 0 spiro atoms. The van der Waals surface area contributed by atoms with Crippen molar-refractivity contribution in [3.8, 4) is 0 Å². The molecule has 1 rings (SSSR count). The molecule has 0 aromatic carbocycles. The van der Waals surface area contributed by atoms with Gasteiger partial charge >= 0.3 is 5.97 Å². The first-order valence-corrected chi connectivity index (χ1v) is 6.98. The summed E-state index contributed by atoms with van der Waals surface area (Å²) in [6, 6.07) is -0.261. The minimum absolute atomic E-state index is 0. The van der Waals surface area contributed by atoms with Crippen LogP contribution in [0.15, 0.2) is 0 Å². The van der Waals surface area contributed by atoms with Crippen molar-refractivity contribution in [1.29, 1.82) is 0 Å². The summed E-state index contributed by atoms with van der Waals surface area (Å²) in [5.74, 6) is -0.254. The van der Waals surface area contributed by atoms with E-state index >= 15 is 0 Å². The first kappa shape index (κ1) is 13.9. The number of rotatable bonds is 2. The summed E-state index contributed by atoms with van der Waals surface area (Å²) in [6.45, 7) is 4.18. The lowest BCUT2D eigenvalue weighted by atomic mass is 10.2. The van der Waals surface area contributed by atoms with Crippen molar-refractivity contribution < 1.29 is 14.1 Å². The lowest BCUT2D eigenvalue weighted by Gasteiger charge is -2.13. The predicted molar refractivity (Wildman–Crippen MR) is 58.9 cm³/mol. The van der Waals surface area contributed by atoms with E-state index in [1.54, 1.807) is 13.3 Å². The van der Waals surface area contributed by atoms with Crippen molar-refractivity contribution in [3.63, 3.8) is 0 Å². The van der Waals surface area contributed by atoms with Gasteiger partial charge in [-0.25, -0.2) is 0 Å². The number of halogens is 1. The zero-order valence-electron chi connectivity index (χ0n) is 8.65. The quantitative estimate of drug-likeness (QED) is 0.577. The van der Waals surface area contributed by atoms with Gasteiger partial charge in [0.1, 0.15) is 6.04 Å². The molecule has 0 saturated carbocycles. The van der Waals surface area contributed by atoms with E-state index in [0.29, 0.717) is 13.0 Å². The molecule has 4 nitrogen and oxygen atoms in total. The summed E-state index contributed by atoms with van der Waals surface area (Å²) < 4.78 is 16.3. The van der Waals surface area contributed by atoms with Gasteiger partial charge in [-0.15, -0.1) is 12.4 Å². The minimum atomic E-state index is -2.07. The van der Waals surface area contributed by atoms with E-state index < -0.39 is 7.14 Å². The lowest BCUT2D eigenvalue weighted by Crippen LogP contribution is -2.31. The zero-order valence-corrected chi connectivity index (χ0v) is 10.4. The molecule has 0 aromatic rings. The zero-order chi connectivity index (χ0) is 10.1. The molecule has 0 unspecified atom stereocenters. The highest BCUT2D eigenvalue weighted by atomic mass is 35.5. The van der Waals surface area contributed by atoms with Crippen LogP contribution in [-0.4, -0.2) is 44.7 Å². The summed E-state index contributed by atoms with van der Waals surface area (Å²) in [5, 5.41) is 3.02. The molecule has 1 aliphatic rings. The number of methoxy groups -OCH3 is 1. The maximum atomic E-state index is 11.7. The molecule has 1 N–H and O–H groups in total. The Morgan fingerprint density at radius 2 is 2.07 bits per heavy atom. The second-order valence-electron chi connectivity index (χ2n) is 3.81. The first-order valence-electron chi connectivity index (χ1n) is 4.31. The highest BCUT2D eigenvalue weighted by Crippen LogP contribution is 2.46. The monoisotopic (exact) mass is 241 g/mol. The van der Waals surface area contributed by atoms with Crippen LogP contribution >= 0.6 is 19.5 Å². The Kier molecular flexibility index (Phi) is 5.13. The van der Waals surface area contributed by atoms with E-state index in [1.807, 2.05) is 0 Å². The molecule has 1 heterocycles. The molecule has 84 valence electrons. The van der Waals surface area contributed by atoms with Crippen LogP contribution in [0.2, 0.25) is 0 Å². The fraction of sp³-hybridized carbons (Fsp3) is 0.875. The molecule has 0 bridgehead atoms. The van der Waals surface area contributed by atoms with Crippen LogP contribution in [0.5, 0.6) is 0 Å². The van der Waals surface area contributed by atoms with Crippen LogP contribution in [-0.2, 0) is 14.1 Å². The van der Waals surface area contributed by atoms with E-state index in [9.17, 15) is 9.36 Å². The average Bonchev–Trinajstić information content (AvgIpc) is 2.50. The van der Waals surface area contributed by atoms with Gasteiger partial charge in [-0.3, -0.25) is 4.79 Å². The van der Waals surface area contributed by atoms with Gasteiger partial charge in [-0.1, -0.05) is 0 Å². The Labute approximate surface area is 90.6 Å². The third kappa shape index (κ3) is 3.26. The fourth-order valence-corrected chi connectivity index (χ4v) is 2.78. The maximum absolute atomic E-state index is 11.7. The van der Waals surface area contributed by atoms with Crippen LogP contribution < -0.4 is 5.32 Å². The largest absolute Gasteiger partial charge is 0.468 e. The third-order valence-electron chi connectivity index (χ3n) is 2.47. The Morgan fingerprint density at radius 3 is 2.43 bits per heavy atom. The molecule has 1 saturated heterocycles. The second kappa shape index (κ2) is 5.15. The number of hydrogen-bond donors (Lipinski definition) is 1. The summed E-state index contributed by atoms with van der Waals surface area (Å²) in [6.07, 6.45) is 0.636. The van der Waals surface area contributed by atoms with Gasteiger partial charge in [0.2, 0.25) is 0 Å². The van der Waals surface area contributed by atoms with E-state index in [0.717, 1.165) is 0 Å². The molecule has 14 heavy (non-hydrogen) atoms. The lowest BCUT2D eigenvalue weighted by molar-refractivity contribution is -0.142. The topological polar surface area (TPSA) is 55.4 Å². The Morgan fingerprint density at radius 1 is 1.50 bits per heavy atom. The summed E-state index contributed by atoms with van der Waals surface area (Å²) in [5.41, 5.74) is 0.122. The molecular weight excluding hydrogens is 225 g/mol. The standard InChI is InChI=1S/C8H16NO3P.ClH/c1-12-8(10)7-4-6(5-9-7)13(2,3)11;/h6-7,9H,4-5H2,1-3H3;1H/t6-,7-;/m1./s1. The second-order valence-corrected chi connectivity index (χ2v) is 7.41. The number of esters is 1. The van der Waals surface area contributed by atoms with Crippen molar-refractivity contribution in [3.05, 3.63) is 0 Å². The smallest absolute Gasteiger partial charge is 0.322 e. The normalized spacial score (nSPS) is 26.8. The number of hydrogen-bond acceptors (Lipinski definition) is 4. The number of nitrogens with one attached hydrogen (secondary N) is 1. The van der Waals surface area contributed by atoms with Crippen molar-refractivity contribution in [1.82, 2.24) is 5.32 Å². The molecular formula is C8H17ClNO3P. The molecule has 0 aromatic heterocycles. The Bertz CT molecular complexity index is 253. The van der Waals surface area contributed by atoms with Gasteiger partial charge < -0.3 is 14.6 Å².